The summed E-state index contributed by atoms with van der Waals surface area (Å²) in [5.41, 5.74) is 0. The molecule has 0 amide bonds. The van der Waals surface area contributed by atoms with Crippen LogP contribution in [0.1, 0.15) is 316 Å². The Hall–Kier alpha value is -2.89. The molecule has 0 bridgehead atoms. The molecular formula is C65H116O6. The predicted molar refractivity (Wildman–Crippen MR) is 307 cm³/mol. The average molecular weight is 994 g/mol. The second-order valence-corrected chi connectivity index (χ2v) is 20.6. The lowest BCUT2D eigenvalue weighted by molar-refractivity contribution is -0.167. The molecule has 0 fully saturated rings. The van der Waals surface area contributed by atoms with Gasteiger partial charge < -0.3 is 14.2 Å². The SMILES string of the molecule is CC/C=C\C/C=C\C/C=C\C/C=C\CCCCCCCCCCC(=O)OCC(COC(=O)CCCCCCCCCCCCCCCCC)OC(=O)CCCCCCCCC/C=C\CCCCCCCC. The summed E-state index contributed by atoms with van der Waals surface area (Å²) in [6.45, 7) is 6.56. The zero-order valence-corrected chi connectivity index (χ0v) is 47.2. The van der Waals surface area contributed by atoms with Crippen molar-refractivity contribution in [2.24, 2.45) is 0 Å². The molecule has 0 saturated heterocycles. The van der Waals surface area contributed by atoms with Crippen molar-refractivity contribution in [3.8, 4) is 0 Å². The molecule has 412 valence electrons. The second kappa shape index (κ2) is 59.7. The maximum atomic E-state index is 12.9. The van der Waals surface area contributed by atoms with Gasteiger partial charge in [0.2, 0.25) is 0 Å². The van der Waals surface area contributed by atoms with Gasteiger partial charge in [0.15, 0.2) is 6.10 Å². The molecule has 71 heavy (non-hydrogen) atoms. The fraction of sp³-hybridized carbons (Fsp3) is 0.800. The van der Waals surface area contributed by atoms with E-state index in [1.54, 1.807) is 0 Å². The topological polar surface area (TPSA) is 78.9 Å². The van der Waals surface area contributed by atoms with E-state index in [1.165, 1.54) is 186 Å². The molecule has 0 rings (SSSR count). The Bertz CT molecular complexity index is 1280. The van der Waals surface area contributed by atoms with Crippen LogP contribution < -0.4 is 0 Å². The molecule has 0 spiro atoms. The maximum absolute atomic E-state index is 12.9. The van der Waals surface area contributed by atoms with Crippen molar-refractivity contribution in [1.82, 2.24) is 0 Å². The van der Waals surface area contributed by atoms with Gasteiger partial charge in [-0.25, -0.2) is 0 Å². The summed E-state index contributed by atoms with van der Waals surface area (Å²) in [6.07, 6.45) is 75.0. The average Bonchev–Trinajstić information content (AvgIpc) is 3.37. The number of carbonyl (C=O) groups excluding carboxylic acids is 3. The lowest BCUT2D eigenvalue weighted by Crippen LogP contribution is -2.30. The number of allylic oxidation sites excluding steroid dienone is 10. The number of carbonyl (C=O) groups is 3. The number of hydrogen-bond acceptors (Lipinski definition) is 6. The van der Waals surface area contributed by atoms with E-state index in [1.807, 2.05) is 0 Å². The van der Waals surface area contributed by atoms with Crippen LogP contribution in [-0.2, 0) is 28.6 Å². The van der Waals surface area contributed by atoms with Gasteiger partial charge in [0.1, 0.15) is 13.2 Å². The third kappa shape index (κ3) is 57.9. The fourth-order valence-corrected chi connectivity index (χ4v) is 8.90. The molecule has 0 aromatic rings. The van der Waals surface area contributed by atoms with Crippen LogP contribution in [0.25, 0.3) is 0 Å². The lowest BCUT2D eigenvalue weighted by atomic mass is 10.0. The van der Waals surface area contributed by atoms with Gasteiger partial charge in [-0.05, 0) is 83.5 Å². The molecule has 6 heteroatoms. The van der Waals surface area contributed by atoms with Crippen molar-refractivity contribution < 1.29 is 28.6 Å². The van der Waals surface area contributed by atoms with Gasteiger partial charge in [-0.2, -0.15) is 0 Å². The van der Waals surface area contributed by atoms with Crippen LogP contribution in [0.15, 0.2) is 60.8 Å². The quantitative estimate of drug-likeness (QED) is 0.0261. The monoisotopic (exact) mass is 993 g/mol. The molecule has 0 heterocycles. The number of ether oxygens (including phenoxy) is 3. The maximum Gasteiger partial charge on any atom is 0.306 e. The molecule has 0 aliphatic rings. The van der Waals surface area contributed by atoms with Gasteiger partial charge >= 0.3 is 17.9 Å². The van der Waals surface area contributed by atoms with Crippen LogP contribution in [0, 0.1) is 0 Å². The predicted octanol–water partition coefficient (Wildman–Crippen LogP) is 20.8. The van der Waals surface area contributed by atoms with Gasteiger partial charge in [0.05, 0.1) is 0 Å². The van der Waals surface area contributed by atoms with Crippen LogP contribution in [0.4, 0.5) is 0 Å². The van der Waals surface area contributed by atoms with Crippen LogP contribution in [-0.4, -0.2) is 37.2 Å². The van der Waals surface area contributed by atoms with E-state index in [2.05, 4.69) is 81.5 Å². The molecule has 0 aromatic heterocycles. The van der Waals surface area contributed by atoms with Crippen molar-refractivity contribution in [3.63, 3.8) is 0 Å². The lowest BCUT2D eigenvalue weighted by Gasteiger charge is -2.18. The molecular weight excluding hydrogens is 877 g/mol. The summed E-state index contributed by atoms with van der Waals surface area (Å²) in [7, 11) is 0. The summed E-state index contributed by atoms with van der Waals surface area (Å²) in [6, 6.07) is 0. The van der Waals surface area contributed by atoms with E-state index >= 15 is 0 Å². The molecule has 0 aliphatic heterocycles. The van der Waals surface area contributed by atoms with Crippen molar-refractivity contribution >= 4 is 17.9 Å². The summed E-state index contributed by atoms with van der Waals surface area (Å²) in [5, 5.41) is 0. The highest BCUT2D eigenvalue weighted by Crippen LogP contribution is 2.17. The summed E-state index contributed by atoms with van der Waals surface area (Å²) >= 11 is 0. The van der Waals surface area contributed by atoms with E-state index in [0.717, 1.165) is 89.9 Å². The number of rotatable bonds is 56. The van der Waals surface area contributed by atoms with Gasteiger partial charge in [-0.1, -0.05) is 274 Å². The van der Waals surface area contributed by atoms with Crippen LogP contribution in [0.5, 0.6) is 0 Å². The van der Waals surface area contributed by atoms with E-state index in [-0.39, 0.29) is 31.1 Å². The molecule has 0 N–H and O–H groups in total. The first kappa shape index (κ1) is 68.1. The summed E-state index contributed by atoms with van der Waals surface area (Å²) in [4.78, 5) is 38.3. The zero-order valence-electron chi connectivity index (χ0n) is 47.2. The molecule has 1 atom stereocenters. The molecule has 6 nitrogen and oxygen atoms in total. The van der Waals surface area contributed by atoms with Gasteiger partial charge in [-0.3, -0.25) is 14.4 Å². The van der Waals surface area contributed by atoms with E-state index in [9.17, 15) is 14.4 Å². The minimum Gasteiger partial charge on any atom is -0.462 e. The summed E-state index contributed by atoms with van der Waals surface area (Å²) in [5.74, 6) is -0.871. The van der Waals surface area contributed by atoms with Gasteiger partial charge in [0.25, 0.3) is 0 Å². The van der Waals surface area contributed by atoms with Crippen LogP contribution in [0.2, 0.25) is 0 Å². The fourth-order valence-electron chi connectivity index (χ4n) is 8.90. The second-order valence-electron chi connectivity index (χ2n) is 20.6. The Morgan fingerprint density at radius 2 is 0.549 bits per heavy atom. The van der Waals surface area contributed by atoms with Gasteiger partial charge in [0, 0.05) is 19.3 Å². The Kier molecular flexibility index (Phi) is 57.2. The molecule has 0 radical (unpaired) electrons. The Labute approximate surface area is 440 Å². The Morgan fingerprint density at radius 1 is 0.296 bits per heavy atom. The van der Waals surface area contributed by atoms with E-state index in [4.69, 9.17) is 14.2 Å². The standard InChI is InChI=1S/C65H116O6/c1-4-7-10-13-16-19-22-25-28-30-31-32-33-35-37-40-43-46-49-52-55-58-64(67)70-61-62(60-69-63(66)57-54-51-48-45-42-39-36-27-24-21-18-15-12-9-6-3)71-65(68)59-56-53-50-47-44-41-38-34-29-26-23-20-17-14-11-8-5-2/h7,10,16,19,25-26,28-29,31-32,62H,4-6,8-9,11-15,17-18,20-24,27,30,33-61H2,1-3H3/b10-7-,19-16-,28-25-,29-26-,32-31-. The minimum absolute atomic E-state index is 0.0751. The largest absolute Gasteiger partial charge is 0.462 e. The van der Waals surface area contributed by atoms with Crippen LogP contribution in [0.3, 0.4) is 0 Å². The normalized spacial score (nSPS) is 12.4. The molecule has 1 unspecified atom stereocenters. The number of esters is 3. The smallest absolute Gasteiger partial charge is 0.306 e. The van der Waals surface area contributed by atoms with E-state index in [0.29, 0.717) is 19.3 Å². The molecule has 0 aromatic carbocycles. The van der Waals surface area contributed by atoms with Crippen molar-refractivity contribution in [1.29, 1.82) is 0 Å². The molecule has 0 aliphatic carbocycles. The highest BCUT2D eigenvalue weighted by molar-refractivity contribution is 5.71. The van der Waals surface area contributed by atoms with Gasteiger partial charge in [-0.15, -0.1) is 0 Å². The minimum atomic E-state index is -0.779. The first-order chi connectivity index (χ1) is 35.0. The van der Waals surface area contributed by atoms with E-state index < -0.39 is 6.10 Å². The first-order valence-electron chi connectivity index (χ1n) is 30.8. The highest BCUT2D eigenvalue weighted by Gasteiger charge is 2.19. The third-order valence-corrected chi connectivity index (χ3v) is 13.5. The number of unbranched alkanes of at least 4 members (excludes halogenated alkanes) is 35. The van der Waals surface area contributed by atoms with Crippen molar-refractivity contribution in [3.05, 3.63) is 60.8 Å². The van der Waals surface area contributed by atoms with Crippen molar-refractivity contribution in [2.75, 3.05) is 13.2 Å². The van der Waals surface area contributed by atoms with Crippen molar-refractivity contribution in [2.45, 2.75) is 322 Å². The molecule has 0 saturated carbocycles. The van der Waals surface area contributed by atoms with Crippen LogP contribution >= 0.6 is 0 Å². The Morgan fingerprint density at radius 3 is 0.873 bits per heavy atom. The first-order valence-corrected chi connectivity index (χ1v) is 30.8. The third-order valence-electron chi connectivity index (χ3n) is 13.5. The number of hydrogen-bond donors (Lipinski definition) is 0. The Balaban J connectivity index is 4.36. The highest BCUT2D eigenvalue weighted by atomic mass is 16.6. The summed E-state index contributed by atoms with van der Waals surface area (Å²) < 4.78 is 16.9. The zero-order chi connectivity index (χ0) is 51.4.